The highest BCUT2D eigenvalue weighted by Gasteiger charge is 2.27. The van der Waals surface area contributed by atoms with E-state index in [1.165, 1.54) is 69.5 Å². The zero-order chi connectivity index (χ0) is 28.7. The third-order valence-corrected chi connectivity index (χ3v) is 6.66. The first-order chi connectivity index (χ1) is 19.8. The standard InChI is InChI=1S/C24H18ClF3N12O/c1-36-31-10-16(33-36)8-21(37-11-15(9-32-37)18-6-7-30-40(18)24(27)28)19-4-2-14(12-39(19)41)22-20(38-13-29-34-35-38)5-3-17(25)23(22)26/h2-7,9-13,21,24H,8H2,1H3. The van der Waals surface area contributed by atoms with Crippen LogP contribution in [0.5, 0.6) is 0 Å². The van der Waals surface area contributed by atoms with Gasteiger partial charge < -0.3 is 5.21 Å². The first-order valence-corrected chi connectivity index (χ1v) is 12.3. The SMILES string of the molecule is Cn1ncc(CC(c2ccc(-c3c(-n4cnnn4)ccc(Cl)c3F)c[n+]2[O-])n2cc(-c3ccnn3C(F)F)cn2)n1. The van der Waals surface area contributed by atoms with Crippen LogP contribution in [-0.4, -0.2) is 54.8 Å². The Morgan fingerprint density at radius 1 is 1.05 bits per heavy atom. The Balaban J connectivity index is 1.43. The molecule has 41 heavy (non-hydrogen) atoms. The third-order valence-electron chi connectivity index (χ3n) is 6.36. The number of hydrogen-bond acceptors (Lipinski definition) is 8. The predicted octanol–water partition coefficient (Wildman–Crippen LogP) is 3.17. The van der Waals surface area contributed by atoms with Gasteiger partial charge in [-0.1, -0.05) is 11.6 Å². The molecule has 17 heteroatoms. The summed E-state index contributed by atoms with van der Waals surface area (Å²) in [5, 5.41) is 40.8. The van der Waals surface area contributed by atoms with Crippen LogP contribution in [0.3, 0.4) is 0 Å². The molecule has 0 aliphatic heterocycles. The normalized spacial score (nSPS) is 12.3. The molecule has 0 aliphatic carbocycles. The minimum atomic E-state index is -2.85. The highest BCUT2D eigenvalue weighted by molar-refractivity contribution is 6.31. The summed E-state index contributed by atoms with van der Waals surface area (Å²) in [4.78, 5) is 1.37. The van der Waals surface area contributed by atoms with Crippen molar-refractivity contribution in [2.75, 3.05) is 0 Å². The third kappa shape index (κ3) is 4.88. The topological polar surface area (TPSA) is 137 Å². The number of rotatable bonds is 8. The second kappa shape index (κ2) is 10.5. The van der Waals surface area contributed by atoms with Crippen molar-refractivity contribution in [3.63, 3.8) is 0 Å². The summed E-state index contributed by atoms with van der Waals surface area (Å²) in [5.74, 6) is -0.754. The van der Waals surface area contributed by atoms with Crippen LogP contribution in [0.2, 0.25) is 5.02 Å². The second-order valence-corrected chi connectivity index (χ2v) is 9.28. The summed E-state index contributed by atoms with van der Waals surface area (Å²) in [7, 11) is 1.65. The highest BCUT2D eigenvalue weighted by atomic mass is 35.5. The van der Waals surface area contributed by atoms with Gasteiger partial charge in [-0.05, 0) is 34.7 Å². The van der Waals surface area contributed by atoms with Gasteiger partial charge in [-0.25, -0.2) is 9.07 Å². The highest BCUT2D eigenvalue weighted by Crippen LogP contribution is 2.34. The number of tetrazole rings is 1. The molecule has 0 saturated carbocycles. The van der Waals surface area contributed by atoms with Crippen molar-refractivity contribution in [2.45, 2.75) is 19.0 Å². The predicted molar refractivity (Wildman–Crippen MR) is 136 cm³/mol. The van der Waals surface area contributed by atoms with E-state index in [2.05, 4.69) is 35.9 Å². The van der Waals surface area contributed by atoms with Crippen LogP contribution >= 0.6 is 11.6 Å². The molecule has 0 spiro atoms. The summed E-state index contributed by atoms with van der Waals surface area (Å²) >= 11 is 6.07. The van der Waals surface area contributed by atoms with Gasteiger partial charge >= 0.3 is 6.55 Å². The van der Waals surface area contributed by atoms with Crippen LogP contribution < -0.4 is 4.73 Å². The molecular formula is C24H18ClF3N12O. The maximum Gasteiger partial charge on any atom is 0.333 e. The van der Waals surface area contributed by atoms with Crippen molar-refractivity contribution in [3.05, 3.63) is 95.1 Å². The monoisotopic (exact) mass is 582 g/mol. The first-order valence-electron chi connectivity index (χ1n) is 12.0. The Labute approximate surface area is 233 Å². The summed E-state index contributed by atoms with van der Waals surface area (Å²) in [6.07, 6.45) is 8.44. The molecule has 208 valence electrons. The van der Waals surface area contributed by atoms with Crippen LogP contribution in [0.15, 0.2) is 67.6 Å². The lowest BCUT2D eigenvalue weighted by Crippen LogP contribution is -2.36. The van der Waals surface area contributed by atoms with Crippen molar-refractivity contribution < 1.29 is 17.9 Å². The summed E-state index contributed by atoms with van der Waals surface area (Å²) in [6, 6.07) is 6.69. The molecule has 0 N–H and O–H groups in total. The molecule has 0 aliphatic rings. The Kier molecular flexibility index (Phi) is 6.66. The minimum absolute atomic E-state index is 0.0214. The fraction of sp³-hybridized carbons (Fsp3) is 0.167. The van der Waals surface area contributed by atoms with Gasteiger partial charge in [0.15, 0.2) is 12.0 Å². The van der Waals surface area contributed by atoms with E-state index in [-0.39, 0.29) is 39.6 Å². The van der Waals surface area contributed by atoms with Crippen LogP contribution in [0, 0.1) is 11.0 Å². The second-order valence-electron chi connectivity index (χ2n) is 8.87. The lowest BCUT2D eigenvalue weighted by atomic mass is 10.0. The number of alkyl halides is 2. The smallest absolute Gasteiger partial charge is 0.333 e. The molecule has 1 aromatic carbocycles. The molecule has 0 saturated heterocycles. The molecule has 0 radical (unpaired) electrons. The van der Waals surface area contributed by atoms with Crippen LogP contribution in [-0.2, 0) is 13.5 Å². The van der Waals surface area contributed by atoms with E-state index in [0.717, 1.165) is 0 Å². The lowest BCUT2D eigenvalue weighted by molar-refractivity contribution is -0.615. The maximum atomic E-state index is 15.3. The fourth-order valence-electron chi connectivity index (χ4n) is 4.53. The quantitative estimate of drug-likeness (QED) is 0.197. The molecule has 0 fully saturated rings. The lowest BCUT2D eigenvalue weighted by Gasteiger charge is -2.17. The van der Waals surface area contributed by atoms with E-state index >= 15 is 4.39 Å². The number of aryl methyl sites for hydroxylation is 1. The van der Waals surface area contributed by atoms with Crippen LogP contribution in [0.1, 0.15) is 24.0 Å². The van der Waals surface area contributed by atoms with Gasteiger partial charge in [0.05, 0.1) is 45.6 Å². The molecule has 0 bridgehead atoms. The molecule has 6 rings (SSSR count). The molecule has 5 heterocycles. The van der Waals surface area contributed by atoms with Gasteiger partial charge in [0.1, 0.15) is 12.4 Å². The Morgan fingerprint density at radius 2 is 1.90 bits per heavy atom. The van der Waals surface area contributed by atoms with E-state index in [9.17, 15) is 14.0 Å². The molecular weight excluding hydrogens is 565 g/mol. The van der Waals surface area contributed by atoms with Gasteiger partial charge in [0, 0.05) is 37.5 Å². The van der Waals surface area contributed by atoms with Crippen molar-refractivity contribution >= 4 is 11.6 Å². The average molecular weight is 583 g/mol. The van der Waals surface area contributed by atoms with E-state index in [1.54, 1.807) is 19.3 Å². The van der Waals surface area contributed by atoms with Gasteiger partial charge in [0.25, 0.3) is 0 Å². The molecule has 13 nitrogen and oxygen atoms in total. The molecule has 5 aromatic heterocycles. The molecule has 0 amide bonds. The summed E-state index contributed by atoms with van der Waals surface area (Å²) in [6.45, 7) is -2.85. The fourth-order valence-corrected chi connectivity index (χ4v) is 4.69. The van der Waals surface area contributed by atoms with Gasteiger partial charge in [-0.15, -0.1) is 5.10 Å². The van der Waals surface area contributed by atoms with E-state index in [4.69, 9.17) is 11.6 Å². The van der Waals surface area contributed by atoms with Crippen molar-refractivity contribution in [3.8, 4) is 28.1 Å². The van der Waals surface area contributed by atoms with Crippen molar-refractivity contribution in [1.29, 1.82) is 0 Å². The number of hydrogen-bond donors (Lipinski definition) is 0. The number of pyridine rings is 1. The molecule has 1 unspecified atom stereocenters. The van der Waals surface area contributed by atoms with E-state index in [0.29, 0.717) is 20.7 Å². The summed E-state index contributed by atoms with van der Waals surface area (Å²) in [5.41, 5.74) is 1.81. The van der Waals surface area contributed by atoms with Crippen molar-refractivity contribution in [1.82, 2.24) is 54.8 Å². The minimum Gasteiger partial charge on any atom is -0.618 e. The number of nitrogens with zero attached hydrogens (tertiary/aromatic N) is 12. The van der Waals surface area contributed by atoms with Gasteiger partial charge in [-0.3, -0.25) is 4.68 Å². The maximum absolute atomic E-state index is 15.3. The largest absolute Gasteiger partial charge is 0.618 e. The van der Waals surface area contributed by atoms with Crippen LogP contribution in [0.25, 0.3) is 28.1 Å². The average Bonchev–Trinajstić information content (AvgIpc) is 3.76. The first kappa shape index (κ1) is 26.1. The Bertz CT molecular complexity index is 1830. The van der Waals surface area contributed by atoms with Crippen LogP contribution in [0.4, 0.5) is 13.2 Å². The van der Waals surface area contributed by atoms with E-state index < -0.39 is 18.4 Å². The number of aromatic nitrogens is 12. The van der Waals surface area contributed by atoms with Gasteiger partial charge in [-0.2, -0.15) is 43.4 Å². The molecule has 6 aromatic rings. The Morgan fingerprint density at radius 3 is 2.61 bits per heavy atom. The molecule has 1 atom stereocenters. The zero-order valence-electron chi connectivity index (χ0n) is 21.0. The van der Waals surface area contributed by atoms with Gasteiger partial charge in [0.2, 0.25) is 5.69 Å². The zero-order valence-corrected chi connectivity index (χ0v) is 21.8. The number of halogens is 4. The summed E-state index contributed by atoms with van der Waals surface area (Å²) < 4.78 is 46.1. The number of benzene rings is 1. The Hall–Kier alpha value is -5.12. The van der Waals surface area contributed by atoms with Crippen molar-refractivity contribution in [2.24, 2.45) is 7.05 Å². The van der Waals surface area contributed by atoms with E-state index in [1.807, 2.05) is 0 Å².